The molecule has 0 amide bonds. The third-order valence-electron chi connectivity index (χ3n) is 4.46. The van der Waals surface area contributed by atoms with Gasteiger partial charge < -0.3 is 9.30 Å². The van der Waals surface area contributed by atoms with Gasteiger partial charge in [-0.15, -0.1) is 11.3 Å². The van der Waals surface area contributed by atoms with Crippen LogP contribution in [0.4, 0.5) is 0 Å². The van der Waals surface area contributed by atoms with Gasteiger partial charge in [-0.05, 0) is 24.3 Å². The normalized spacial score (nSPS) is 20.9. The van der Waals surface area contributed by atoms with Crippen LogP contribution in [0, 0.1) is 22.7 Å². The molecule has 2 unspecified atom stereocenters. The van der Waals surface area contributed by atoms with Crippen molar-refractivity contribution in [1.29, 1.82) is 10.5 Å². The van der Waals surface area contributed by atoms with E-state index >= 15 is 0 Å². The van der Waals surface area contributed by atoms with Crippen molar-refractivity contribution in [3.63, 3.8) is 0 Å². The van der Waals surface area contributed by atoms with Crippen molar-refractivity contribution in [2.24, 2.45) is 0 Å². The Balaban J connectivity index is 1.81. The number of pyridine rings is 1. The van der Waals surface area contributed by atoms with E-state index in [1.807, 2.05) is 11.4 Å². The maximum Gasteiger partial charge on any atom is 0.124 e. The molecule has 0 aliphatic carbocycles. The molecule has 0 aromatic carbocycles. The van der Waals surface area contributed by atoms with E-state index < -0.39 is 0 Å². The van der Waals surface area contributed by atoms with Crippen LogP contribution in [0.25, 0.3) is 21.3 Å². The average Bonchev–Trinajstić information content (AvgIpc) is 3.20. The summed E-state index contributed by atoms with van der Waals surface area (Å²) in [5, 5.41) is 20.0. The van der Waals surface area contributed by atoms with Gasteiger partial charge >= 0.3 is 0 Å². The Morgan fingerprint density at radius 2 is 2.21 bits per heavy atom. The highest BCUT2D eigenvalue weighted by atomic mass is 32.1. The Bertz CT molecular complexity index is 969. The Labute approximate surface area is 142 Å². The molecule has 0 N–H and O–H groups in total. The minimum Gasteiger partial charge on any atom is -0.375 e. The summed E-state index contributed by atoms with van der Waals surface area (Å²) >= 11 is 1.64. The lowest BCUT2D eigenvalue weighted by molar-refractivity contribution is -0.00813. The summed E-state index contributed by atoms with van der Waals surface area (Å²) in [7, 11) is 0. The van der Waals surface area contributed by atoms with Gasteiger partial charge in [0.2, 0.25) is 0 Å². The SMILES string of the molecule is N#CCc1nc2cnc3ccsc3c2n1C1CCC(CC#N)OC1. The predicted octanol–water partition coefficient (Wildman–Crippen LogP) is 3.35. The second-order valence-corrected chi connectivity index (χ2v) is 6.82. The van der Waals surface area contributed by atoms with Crippen LogP contribution in [-0.4, -0.2) is 27.2 Å². The zero-order valence-corrected chi connectivity index (χ0v) is 13.8. The van der Waals surface area contributed by atoms with Crippen LogP contribution >= 0.6 is 11.3 Å². The monoisotopic (exact) mass is 337 g/mol. The summed E-state index contributed by atoms with van der Waals surface area (Å²) in [4.78, 5) is 9.09. The summed E-state index contributed by atoms with van der Waals surface area (Å²) in [5.74, 6) is 0.766. The van der Waals surface area contributed by atoms with Crippen molar-refractivity contribution >= 4 is 32.6 Å². The van der Waals surface area contributed by atoms with E-state index in [1.54, 1.807) is 17.5 Å². The van der Waals surface area contributed by atoms with Crippen molar-refractivity contribution in [3.05, 3.63) is 23.5 Å². The first-order valence-electron chi connectivity index (χ1n) is 7.90. The molecule has 6 nitrogen and oxygen atoms in total. The number of nitrogens with zero attached hydrogens (tertiary/aromatic N) is 5. The van der Waals surface area contributed by atoms with Gasteiger partial charge in [-0.25, -0.2) is 4.98 Å². The fourth-order valence-corrected chi connectivity index (χ4v) is 4.26. The maximum absolute atomic E-state index is 9.17. The van der Waals surface area contributed by atoms with E-state index in [2.05, 4.69) is 26.7 Å². The van der Waals surface area contributed by atoms with Crippen LogP contribution in [0.2, 0.25) is 0 Å². The topological polar surface area (TPSA) is 87.5 Å². The minimum atomic E-state index is 0.0175. The Kier molecular flexibility index (Phi) is 3.89. The first kappa shape index (κ1) is 15.1. The molecule has 1 saturated heterocycles. The molecule has 1 aliphatic heterocycles. The number of hydrogen-bond acceptors (Lipinski definition) is 6. The average molecular weight is 337 g/mol. The van der Waals surface area contributed by atoms with E-state index in [1.165, 1.54) is 0 Å². The van der Waals surface area contributed by atoms with Gasteiger partial charge in [-0.3, -0.25) is 4.98 Å². The van der Waals surface area contributed by atoms with Gasteiger partial charge in [0.15, 0.2) is 0 Å². The number of rotatable bonds is 3. The first-order valence-corrected chi connectivity index (χ1v) is 8.78. The van der Waals surface area contributed by atoms with E-state index in [9.17, 15) is 0 Å². The number of hydrogen-bond donors (Lipinski definition) is 0. The molecule has 24 heavy (non-hydrogen) atoms. The minimum absolute atomic E-state index is 0.0175. The summed E-state index contributed by atoms with van der Waals surface area (Å²) in [5.41, 5.74) is 2.83. The van der Waals surface area contributed by atoms with E-state index in [0.29, 0.717) is 13.0 Å². The Hall–Kier alpha value is -2.48. The standard InChI is InChI=1S/C17H15N5OS/c18-6-3-12-2-1-11(10-23-12)22-15(4-7-19)21-14-9-20-13-5-8-24-17(13)16(14)22/h5,8-9,11-12H,1-4,10H2. The molecule has 1 fully saturated rings. The summed E-state index contributed by atoms with van der Waals surface area (Å²) in [6, 6.07) is 6.53. The van der Waals surface area contributed by atoms with E-state index in [-0.39, 0.29) is 18.6 Å². The lowest BCUT2D eigenvalue weighted by Crippen LogP contribution is -2.28. The lowest BCUT2D eigenvalue weighted by atomic mass is 10.0. The number of imidazole rings is 1. The molecular weight excluding hydrogens is 322 g/mol. The van der Waals surface area contributed by atoms with Crippen LogP contribution < -0.4 is 0 Å². The van der Waals surface area contributed by atoms with Gasteiger partial charge in [0, 0.05) is 0 Å². The van der Waals surface area contributed by atoms with Gasteiger partial charge in [-0.1, -0.05) is 0 Å². The molecule has 7 heteroatoms. The largest absolute Gasteiger partial charge is 0.375 e. The molecule has 0 spiro atoms. The van der Waals surface area contributed by atoms with Crippen molar-refractivity contribution in [2.45, 2.75) is 37.8 Å². The molecule has 2 atom stereocenters. The molecule has 4 rings (SSSR count). The fourth-order valence-electron chi connectivity index (χ4n) is 3.37. The number of thiophene rings is 1. The van der Waals surface area contributed by atoms with E-state index in [4.69, 9.17) is 15.3 Å². The second-order valence-electron chi connectivity index (χ2n) is 5.91. The van der Waals surface area contributed by atoms with Gasteiger partial charge in [0.1, 0.15) is 11.3 Å². The zero-order chi connectivity index (χ0) is 16.5. The summed E-state index contributed by atoms with van der Waals surface area (Å²) < 4.78 is 9.13. The number of nitriles is 2. The highest BCUT2D eigenvalue weighted by molar-refractivity contribution is 7.18. The molecule has 3 aromatic heterocycles. The van der Waals surface area contributed by atoms with Gasteiger partial charge in [0.25, 0.3) is 0 Å². The van der Waals surface area contributed by atoms with Crippen molar-refractivity contribution in [3.8, 4) is 12.1 Å². The first-order chi connectivity index (χ1) is 11.8. The van der Waals surface area contributed by atoms with Crippen molar-refractivity contribution < 1.29 is 4.74 Å². The lowest BCUT2D eigenvalue weighted by Gasteiger charge is -2.30. The molecular formula is C17H15N5OS. The zero-order valence-electron chi connectivity index (χ0n) is 13.0. The Morgan fingerprint density at radius 3 is 2.96 bits per heavy atom. The molecule has 0 bridgehead atoms. The molecule has 4 heterocycles. The fraction of sp³-hybridized carbons (Fsp3) is 0.412. The number of aromatic nitrogens is 3. The number of ether oxygens (including phenoxy) is 1. The predicted molar refractivity (Wildman–Crippen MR) is 90.5 cm³/mol. The third-order valence-corrected chi connectivity index (χ3v) is 5.37. The molecule has 0 radical (unpaired) electrons. The van der Waals surface area contributed by atoms with Crippen LogP contribution in [0.15, 0.2) is 17.6 Å². The third kappa shape index (κ3) is 2.43. The van der Waals surface area contributed by atoms with Crippen LogP contribution in [0.5, 0.6) is 0 Å². The summed E-state index contributed by atoms with van der Waals surface area (Å²) in [6.07, 6.45) is 4.27. The molecule has 1 aliphatic rings. The molecule has 0 saturated carbocycles. The van der Waals surface area contributed by atoms with Crippen LogP contribution in [0.1, 0.15) is 31.1 Å². The quantitative estimate of drug-likeness (QED) is 0.731. The van der Waals surface area contributed by atoms with Gasteiger partial charge in [-0.2, -0.15) is 10.5 Å². The number of fused-ring (bicyclic) bond motifs is 3. The maximum atomic E-state index is 9.17. The van der Waals surface area contributed by atoms with Gasteiger partial charge in [0.05, 0.1) is 65.7 Å². The smallest absolute Gasteiger partial charge is 0.124 e. The molecule has 120 valence electrons. The van der Waals surface area contributed by atoms with E-state index in [0.717, 1.165) is 39.9 Å². The highest BCUT2D eigenvalue weighted by Crippen LogP contribution is 2.34. The summed E-state index contributed by atoms with van der Waals surface area (Å²) in [6.45, 7) is 0.547. The molecule has 3 aromatic rings. The highest BCUT2D eigenvalue weighted by Gasteiger charge is 2.27. The van der Waals surface area contributed by atoms with Crippen LogP contribution in [0.3, 0.4) is 0 Å². The Morgan fingerprint density at radius 1 is 1.29 bits per heavy atom. The second kappa shape index (κ2) is 6.20. The van der Waals surface area contributed by atoms with Crippen molar-refractivity contribution in [2.75, 3.05) is 6.61 Å². The van der Waals surface area contributed by atoms with Crippen molar-refractivity contribution in [1.82, 2.24) is 14.5 Å². The van der Waals surface area contributed by atoms with Crippen LogP contribution in [-0.2, 0) is 11.2 Å².